The second kappa shape index (κ2) is 7.05. The summed E-state index contributed by atoms with van der Waals surface area (Å²) in [5, 5.41) is 3.50. The third kappa shape index (κ3) is 3.77. The van der Waals surface area contributed by atoms with E-state index in [1.165, 1.54) is 0 Å². The molecule has 2 aromatic rings. The van der Waals surface area contributed by atoms with E-state index in [9.17, 15) is 9.59 Å². The third-order valence-electron chi connectivity index (χ3n) is 4.19. The summed E-state index contributed by atoms with van der Waals surface area (Å²) in [6.07, 6.45) is 1.59. The lowest BCUT2D eigenvalue weighted by Gasteiger charge is -2.15. The highest BCUT2D eigenvalue weighted by molar-refractivity contribution is 6.30. The SMILES string of the molecule is Cc1cc(Cl)ccc1C(=O)Nc1ccc(CN2CCCC2=O)cc1. The first-order chi connectivity index (χ1) is 11.5. The van der Waals surface area contributed by atoms with E-state index in [2.05, 4.69) is 5.32 Å². The van der Waals surface area contributed by atoms with E-state index in [-0.39, 0.29) is 11.8 Å². The lowest BCUT2D eigenvalue weighted by atomic mass is 10.1. The van der Waals surface area contributed by atoms with Crippen molar-refractivity contribution in [3.8, 4) is 0 Å². The zero-order valence-corrected chi connectivity index (χ0v) is 14.3. The van der Waals surface area contributed by atoms with Gasteiger partial charge >= 0.3 is 0 Å². The molecule has 3 rings (SSSR count). The summed E-state index contributed by atoms with van der Waals surface area (Å²) >= 11 is 5.92. The van der Waals surface area contributed by atoms with Gasteiger partial charge in [-0.05, 0) is 54.8 Å². The minimum absolute atomic E-state index is 0.161. The Morgan fingerprint density at radius 1 is 1.21 bits per heavy atom. The molecule has 0 saturated carbocycles. The third-order valence-corrected chi connectivity index (χ3v) is 4.42. The minimum Gasteiger partial charge on any atom is -0.338 e. The van der Waals surface area contributed by atoms with Gasteiger partial charge in [-0.1, -0.05) is 23.7 Å². The molecule has 4 nitrogen and oxygen atoms in total. The van der Waals surface area contributed by atoms with Gasteiger partial charge in [-0.2, -0.15) is 0 Å². The molecular weight excluding hydrogens is 324 g/mol. The summed E-state index contributed by atoms with van der Waals surface area (Å²) in [5.74, 6) is 0.0530. The van der Waals surface area contributed by atoms with Gasteiger partial charge < -0.3 is 10.2 Å². The summed E-state index contributed by atoms with van der Waals surface area (Å²) in [4.78, 5) is 25.9. The van der Waals surface area contributed by atoms with Crippen LogP contribution in [0, 0.1) is 6.92 Å². The van der Waals surface area contributed by atoms with Crippen LogP contribution >= 0.6 is 11.6 Å². The molecule has 0 atom stereocenters. The monoisotopic (exact) mass is 342 g/mol. The molecule has 2 amide bonds. The summed E-state index contributed by atoms with van der Waals surface area (Å²) < 4.78 is 0. The van der Waals surface area contributed by atoms with Crippen molar-refractivity contribution >= 4 is 29.1 Å². The molecule has 1 fully saturated rings. The number of carbonyl (C=O) groups is 2. The van der Waals surface area contributed by atoms with Gasteiger partial charge in [-0.25, -0.2) is 0 Å². The highest BCUT2D eigenvalue weighted by Gasteiger charge is 2.19. The van der Waals surface area contributed by atoms with Crippen molar-refractivity contribution in [3.05, 3.63) is 64.2 Å². The Morgan fingerprint density at radius 3 is 2.58 bits per heavy atom. The minimum atomic E-state index is -0.161. The Kier molecular flexibility index (Phi) is 4.86. The van der Waals surface area contributed by atoms with E-state index in [1.807, 2.05) is 36.1 Å². The zero-order valence-electron chi connectivity index (χ0n) is 13.5. The molecule has 5 heteroatoms. The molecule has 124 valence electrons. The van der Waals surface area contributed by atoms with E-state index < -0.39 is 0 Å². The fraction of sp³-hybridized carbons (Fsp3) is 0.263. The predicted octanol–water partition coefficient (Wildman–Crippen LogP) is 4.02. The maximum Gasteiger partial charge on any atom is 0.255 e. The fourth-order valence-corrected chi connectivity index (χ4v) is 3.09. The Bertz CT molecular complexity index is 771. The average molecular weight is 343 g/mol. The summed E-state index contributed by atoms with van der Waals surface area (Å²) in [6, 6.07) is 12.8. The number of likely N-dealkylation sites (tertiary alicyclic amines) is 1. The maximum atomic E-state index is 12.3. The van der Waals surface area contributed by atoms with Gasteiger partial charge in [0.05, 0.1) is 0 Å². The van der Waals surface area contributed by atoms with Crippen LogP contribution in [0.15, 0.2) is 42.5 Å². The van der Waals surface area contributed by atoms with Crippen molar-refractivity contribution in [3.63, 3.8) is 0 Å². The van der Waals surface area contributed by atoms with Crippen molar-refractivity contribution in [2.45, 2.75) is 26.3 Å². The average Bonchev–Trinajstić information content (AvgIpc) is 2.94. The number of nitrogens with zero attached hydrogens (tertiary/aromatic N) is 1. The molecule has 1 aliphatic heterocycles. The maximum absolute atomic E-state index is 12.3. The number of amides is 2. The van der Waals surface area contributed by atoms with Crippen LogP contribution in [0.2, 0.25) is 5.02 Å². The number of benzene rings is 2. The zero-order chi connectivity index (χ0) is 17.1. The number of aryl methyl sites for hydroxylation is 1. The summed E-state index contributed by atoms with van der Waals surface area (Å²) in [5.41, 5.74) is 3.23. The van der Waals surface area contributed by atoms with Crippen LogP contribution in [-0.4, -0.2) is 23.3 Å². The van der Waals surface area contributed by atoms with Gasteiger partial charge in [0, 0.05) is 35.8 Å². The fourth-order valence-electron chi connectivity index (χ4n) is 2.87. The van der Waals surface area contributed by atoms with Crippen molar-refractivity contribution < 1.29 is 9.59 Å². The Balaban J connectivity index is 1.65. The van der Waals surface area contributed by atoms with Crippen molar-refractivity contribution in [1.82, 2.24) is 4.90 Å². The first-order valence-corrected chi connectivity index (χ1v) is 8.35. The van der Waals surface area contributed by atoms with Crippen molar-refractivity contribution in [1.29, 1.82) is 0 Å². The topological polar surface area (TPSA) is 49.4 Å². The summed E-state index contributed by atoms with van der Waals surface area (Å²) in [6.45, 7) is 3.31. The molecule has 0 bridgehead atoms. The standard InChI is InChI=1S/C19H19ClN2O2/c1-13-11-15(20)6-9-17(13)19(24)21-16-7-4-14(5-8-16)12-22-10-2-3-18(22)23/h4-9,11H,2-3,10,12H2,1H3,(H,21,24). The number of halogens is 1. The molecule has 0 aliphatic carbocycles. The molecule has 1 N–H and O–H groups in total. The van der Waals surface area contributed by atoms with E-state index in [4.69, 9.17) is 11.6 Å². The molecular formula is C19H19ClN2O2. The van der Waals surface area contributed by atoms with Crippen LogP contribution in [0.4, 0.5) is 5.69 Å². The number of nitrogens with one attached hydrogen (secondary N) is 1. The lowest BCUT2D eigenvalue weighted by molar-refractivity contribution is -0.128. The van der Waals surface area contributed by atoms with E-state index in [1.54, 1.807) is 18.2 Å². The van der Waals surface area contributed by atoms with E-state index >= 15 is 0 Å². The second-order valence-electron chi connectivity index (χ2n) is 6.03. The molecule has 1 saturated heterocycles. The highest BCUT2D eigenvalue weighted by atomic mass is 35.5. The Labute approximate surface area is 146 Å². The van der Waals surface area contributed by atoms with Crippen LogP contribution in [0.5, 0.6) is 0 Å². The van der Waals surface area contributed by atoms with Gasteiger partial charge in [-0.3, -0.25) is 9.59 Å². The molecule has 1 aliphatic rings. The molecule has 0 spiro atoms. The van der Waals surface area contributed by atoms with Crippen LogP contribution in [-0.2, 0) is 11.3 Å². The van der Waals surface area contributed by atoms with E-state index in [0.717, 1.165) is 29.8 Å². The van der Waals surface area contributed by atoms with Crippen LogP contribution in [0.3, 0.4) is 0 Å². The molecule has 0 aromatic heterocycles. The number of carbonyl (C=O) groups excluding carboxylic acids is 2. The highest BCUT2D eigenvalue weighted by Crippen LogP contribution is 2.19. The smallest absolute Gasteiger partial charge is 0.255 e. The Hall–Kier alpha value is -2.33. The van der Waals surface area contributed by atoms with Gasteiger partial charge in [0.15, 0.2) is 0 Å². The molecule has 2 aromatic carbocycles. The van der Waals surface area contributed by atoms with Crippen LogP contribution < -0.4 is 5.32 Å². The molecule has 0 unspecified atom stereocenters. The van der Waals surface area contributed by atoms with Crippen molar-refractivity contribution in [2.24, 2.45) is 0 Å². The van der Waals surface area contributed by atoms with Crippen LogP contribution in [0.25, 0.3) is 0 Å². The first-order valence-electron chi connectivity index (χ1n) is 7.97. The normalized spacial score (nSPS) is 14.1. The predicted molar refractivity (Wildman–Crippen MR) is 95.2 cm³/mol. The molecule has 0 radical (unpaired) electrons. The number of hydrogen-bond acceptors (Lipinski definition) is 2. The quantitative estimate of drug-likeness (QED) is 0.912. The van der Waals surface area contributed by atoms with Gasteiger partial charge in [0.2, 0.25) is 5.91 Å². The van der Waals surface area contributed by atoms with Crippen LogP contribution in [0.1, 0.15) is 34.3 Å². The second-order valence-corrected chi connectivity index (χ2v) is 6.47. The van der Waals surface area contributed by atoms with Gasteiger partial charge in [-0.15, -0.1) is 0 Å². The van der Waals surface area contributed by atoms with Gasteiger partial charge in [0.25, 0.3) is 5.91 Å². The van der Waals surface area contributed by atoms with E-state index in [0.29, 0.717) is 23.6 Å². The molecule has 1 heterocycles. The number of anilines is 1. The Morgan fingerprint density at radius 2 is 1.96 bits per heavy atom. The number of rotatable bonds is 4. The first kappa shape index (κ1) is 16.5. The van der Waals surface area contributed by atoms with Crippen molar-refractivity contribution in [2.75, 3.05) is 11.9 Å². The van der Waals surface area contributed by atoms with Gasteiger partial charge in [0.1, 0.15) is 0 Å². The summed E-state index contributed by atoms with van der Waals surface area (Å²) in [7, 11) is 0. The lowest BCUT2D eigenvalue weighted by Crippen LogP contribution is -2.23. The largest absolute Gasteiger partial charge is 0.338 e. The number of hydrogen-bond donors (Lipinski definition) is 1. The molecule has 24 heavy (non-hydrogen) atoms.